The lowest BCUT2D eigenvalue weighted by Gasteiger charge is -2.37. The minimum atomic E-state index is -0.664. The lowest BCUT2D eigenvalue weighted by molar-refractivity contribution is -0.140. The molecule has 9 heteroatoms. The van der Waals surface area contributed by atoms with E-state index in [4.69, 9.17) is 0 Å². The number of rotatable bonds is 10. The van der Waals surface area contributed by atoms with Gasteiger partial charge in [-0.15, -0.1) is 0 Å². The molecule has 39 heavy (non-hydrogen) atoms. The molecule has 0 bridgehead atoms. The van der Waals surface area contributed by atoms with Gasteiger partial charge >= 0.3 is 0 Å². The van der Waals surface area contributed by atoms with Crippen molar-refractivity contribution in [2.75, 3.05) is 33.2 Å². The number of imidazole rings is 1. The van der Waals surface area contributed by atoms with Crippen molar-refractivity contribution in [1.82, 2.24) is 30.4 Å². The molecule has 1 aliphatic heterocycles. The number of hydrogen-bond acceptors (Lipinski definition) is 5. The maximum atomic E-state index is 13.8. The number of H-pyrrole nitrogens is 1. The first-order valence-electron chi connectivity index (χ1n) is 13.7. The number of hydrogen-bond donors (Lipinski definition) is 3. The first-order chi connectivity index (χ1) is 18.7. The third-order valence-corrected chi connectivity index (χ3v) is 7.24. The molecule has 0 saturated carbocycles. The zero-order valence-corrected chi connectivity index (χ0v) is 23.4. The highest BCUT2D eigenvalue weighted by Crippen LogP contribution is 2.26. The summed E-state index contributed by atoms with van der Waals surface area (Å²) in [5, 5.41) is 5.77. The van der Waals surface area contributed by atoms with Gasteiger partial charge in [-0.2, -0.15) is 0 Å². The Morgan fingerprint density at radius 3 is 2.51 bits per heavy atom. The summed E-state index contributed by atoms with van der Waals surface area (Å²) in [6.07, 6.45) is 2.34. The third-order valence-electron chi connectivity index (χ3n) is 7.24. The smallest absolute Gasteiger partial charge is 0.289 e. The van der Waals surface area contributed by atoms with Crippen LogP contribution in [0, 0.1) is 5.41 Å². The van der Waals surface area contributed by atoms with Gasteiger partial charge in [-0.25, -0.2) is 4.98 Å². The number of fused-ring (bicyclic) bond motifs is 1. The largest absolute Gasteiger partial charge is 0.343 e. The van der Waals surface area contributed by atoms with E-state index in [9.17, 15) is 14.4 Å². The maximum Gasteiger partial charge on any atom is 0.289 e. The standard InChI is InChI=1S/C30H40N6O3/c1-30(2,3)26(34-25(37)19-31-4)28(38)36-17-10-13-22(36)20-35(18-16-21-11-6-5-7-12-21)29(39)27-32-23-14-8-9-15-24(23)33-27/h5-9,11-12,14-15,22,26,31H,10,13,16-20H2,1-4H3,(H,32,33)(H,34,37). The second kappa shape index (κ2) is 12.4. The van der Waals surface area contributed by atoms with Gasteiger partial charge in [-0.05, 0) is 49.4 Å². The minimum absolute atomic E-state index is 0.103. The molecule has 2 aromatic carbocycles. The van der Waals surface area contributed by atoms with E-state index in [1.54, 1.807) is 7.05 Å². The van der Waals surface area contributed by atoms with Crippen molar-refractivity contribution in [3.8, 4) is 0 Å². The van der Waals surface area contributed by atoms with Crippen molar-refractivity contribution in [3.63, 3.8) is 0 Å². The van der Waals surface area contributed by atoms with Crippen LogP contribution in [0.2, 0.25) is 0 Å². The van der Waals surface area contributed by atoms with Gasteiger partial charge in [0.05, 0.1) is 17.6 Å². The van der Waals surface area contributed by atoms with Crippen LogP contribution in [0.25, 0.3) is 11.0 Å². The molecule has 3 amide bonds. The molecule has 2 unspecified atom stereocenters. The number of para-hydroxylation sites is 2. The number of nitrogens with one attached hydrogen (secondary N) is 3. The first-order valence-corrected chi connectivity index (χ1v) is 13.7. The SMILES string of the molecule is CNCC(=O)NC(C(=O)N1CCCC1CN(CCc1ccccc1)C(=O)c1nc2ccccc2[nH]1)C(C)(C)C. The zero-order chi connectivity index (χ0) is 28.0. The van der Waals surface area contributed by atoms with Gasteiger partial charge in [0, 0.05) is 25.7 Å². The predicted octanol–water partition coefficient (Wildman–Crippen LogP) is 2.99. The Morgan fingerprint density at radius 1 is 1.10 bits per heavy atom. The number of carbonyl (C=O) groups is 3. The topological polar surface area (TPSA) is 110 Å². The monoisotopic (exact) mass is 532 g/mol. The molecule has 9 nitrogen and oxygen atoms in total. The molecule has 1 aliphatic rings. The Balaban J connectivity index is 1.56. The first kappa shape index (κ1) is 28.3. The normalized spacial score (nSPS) is 16.3. The van der Waals surface area contributed by atoms with E-state index in [0.717, 1.165) is 29.4 Å². The molecule has 4 rings (SSSR count). The van der Waals surface area contributed by atoms with E-state index in [0.29, 0.717) is 31.9 Å². The fraction of sp³-hybridized carbons (Fsp3) is 0.467. The van der Waals surface area contributed by atoms with Crippen molar-refractivity contribution in [1.29, 1.82) is 0 Å². The van der Waals surface area contributed by atoms with E-state index in [1.807, 2.05) is 73.0 Å². The van der Waals surface area contributed by atoms with Crippen LogP contribution in [0.15, 0.2) is 54.6 Å². The average Bonchev–Trinajstić information content (AvgIpc) is 3.56. The van der Waals surface area contributed by atoms with Crippen molar-refractivity contribution < 1.29 is 14.4 Å². The second-order valence-electron chi connectivity index (χ2n) is 11.3. The molecule has 0 aliphatic carbocycles. The molecular formula is C30H40N6O3. The number of likely N-dealkylation sites (N-methyl/N-ethyl adjacent to an activating group) is 1. The molecule has 0 spiro atoms. The maximum absolute atomic E-state index is 13.8. The van der Waals surface area contributed by atoms with Crippen LogP contribution in [-0.4, -0.2) is 82.8 Å². The second-order valence-corrected chi connectivity index (χ2v) is 11.3. The van der Waals surface area contributed by atoms with Crippen LogP contribution < -0.4 is 10.6 Å². The van der Waals surface area contributed by atoms with Gasteiger partial charge in [0.2, 0.25) is 11.8 Å². The summed E-state index contributed by atoms with van der Waals surface area (Å²) in [7, 11) is 1.70. The number of amides is 3. The van der Waals surface area contributed by atoms with Crippen LogP contribution >= 0.6 is 0 Å². The van der Waals surface area contributed by atoms with Crippen LogP contribution in [0.3, 0.4) is 0 Å². The molecule has 2 heterocycles. The Kier molecular flexibility index (Phi) is 9.01. The van der Waals surface area contributed by atoms with E-state index in [2.05, 4.69) is 32.7 Å². The Bertz CT molecular complexity index is 1250. The van der Waals surface area contributed by atoms with Gasteiger partial charge in [0.15, 0.2) is 5.82 Å². The fourth-order valence-electron chi connectivity index (χ4n) is 5.15. The van der Waals surface area contributed by atoms with Crippen molar-refractivity contribution in [3.05, 3.63) is 66.0 Å². The molecular weight excluding hydrogens is 492 g/mol. The Labute approximate surface area is 230 Å². The van der Waals surface area contributed by atoms with Gasteiger partial charge in [-0.3, -0.25) is 14.4 Å². The van der Waals surface area contributed by atoms with Gasteiger partial charge in [-0.1, -0.05) is 63.2 Å². The quantitative estimate of drug-likeness (QED) is 0.372. The molecule has 2 atom stereocenters. The van der Waals surface area contributed by atoms with Crippen LogP contribution in [0.4, 0.5) is 0 Å². The van der Waals surface area contributed by atoms with Crippen molar-refractivity contribution >= 4 is 28.8 Å². The highest BCUT2D eigenvalue weighted by Gasteiger charge is 2.40. The summed E-state index contributed by atoms with van der Waals surface area (Å²) >= 11 is 0. The lowest BCUT2D eigenvalue weighted by atomic mass is 9.85. The van der Waals surface area contributed by atoms with Crippen LogP contribution in [-0.2, 0) is 16.0 Å². The fourth-order valence-corrected chi connectivity index (χ4v) is 5.15. The summed E-state index contributed by atoms with van der Waals surface area (Å²) in [6.45, 7) is 7.51. The number of aromatic amines is 1. The van der Waals surface area contributed by atoms with Gasteiger partial charge in [0.25, 0.3) is 5.91 Å². The third kappa shape index (κ3) is 7.03. The van der Waals surface area contributed by atoms with Gasteiger partial charge in [0.1, 0.15) is 6.04 Å². The molecule has 3 N–H and O–H groups in total. The summed E-state index contributed by atoms with van der Waals surface area (Å²) < 4.78 is 0. The average molecular weight is 533 g/mol. The molecule has 208 valence electrons. The lowest BCUT2D eigenvalue weighted by Crippen LogP contribution is -2.58. The summed E-state index contributed by atoms with van der Waals surface area (Å²) in [5.41, 5.74) is 2.23. The van der Waals surface area contributed by atoms with Gasteiger partial charge < -0.3 is 25.4 Å². The molecule has 1 saturated heterocycles. The predicted molar refractivity (Wildman–Crippen MR) is 152 cm³/mol. The van der Waals surface area contributed by atoms with E-state index < -0.39 is 11.5 Å². The van der Waals surface area contributed by atoms with Crippen molar-refractivity contribution in [2.24, 2.45) is 5.41 Å². The molecule has 3 aromatic rings. The molecule has 0 radical (unpaired) electrons. The summed E-state index contributed by atoms with van der Waals surface area (Å²) in [4.78, 5) is 51.4. The van der Waals surface area contributed by atoms with Crippen LogP contribution in [0.1, 0.15) is 49.8 Å². The minimum Gasteiger partial charge on any atom is -0.343 e. The summed E-state index contributed by atoms with van der Waals surface area (Å²) in [5.74, 6) is -0.206. The van der Waals surface area contributed by atoms with E-state index in [1.165, 1.54) is 0 Å². The Hall–Kier alpha value is -3.72. The number of benzene rings is 2. The number of nitrogens with zero attached hydrogens (tertiary/aromatic N) is 3. The number of likely N-dealkylation sites (tertiary alicyclic amines) is 1. The molecule has 1 fully saturated rings. The summed E-state index contributed by atoms with van der Waals surface area (Å²) in [6, 6.07) is 16.8. The molecule has 1 aromatic heterocycles. The van der Waals surface area contributed by atoms with E-state index >= 15 is 0 Å². The highest BCUT2D eigenvalue weighted by molar-refractivity contribution is 5.94. The number of aromatic nitrogens is 2. The van der Waals surface area contributed by atoms with E-state index in [-0.39, 0.29) is 30.3 Å². The number of carbonyl (C=O) groups excluding carboxylic acids is 3. The highest BCUT2D eigenvalue weighted by atomic mass is 16.2. The Morgan fingerprint density at radius 2 is 1.82 bits per heavy atom. The van der Waals surface area contributed by atoms with Crippen molar-refractivity contribution in [2.45, 2.75) is 52.1 Å². The van der Waals surface area contributed by atoms with Crippen LogP contribution in [0.5, 0.6) is 0 Å². The zero-order valence-electron chi connectivity index (χ0n) is 23.4.